The van der Waals surface area contributed by atoms with E-state index in [2.05, 4.69) is 39.2 Å². The SMILES string of the molecule is c1cc(-c2nc(CC3CCN(C4CCCC4)CC3)no2)ccc1CN1CCCCC1. The summed E-state index contributed by atoms with van der Waals surface area (Å²) in [6.45, 7) is 6.01. The molecular weight excluding hydrogens is 372 g/mol. The van der Waals surface area contributed by atoms with Crippen LogP contribution in [0, 0.1) is 5.92 Å². The lowest BCUT2D eigenvalue weighted by atomic mass is 9.92. The molecule has 2 aromatic rings. The number of nitrogens with zero attached hydrogens (tertiary/aromatic N) is 4. The van der Waals surface area contributed by atoms with Crippen molar-refractivity contribution in [3.05, 3.63) is 35.7 Å². The van der Waals surface area contributed by atoms with Crippen molar-refractivity contribution in [1.82, 2.24) is 19.9 Å². The summed E-state index contributed by atoms with van der Waals surface area (Å²) in [5, 5.41) is 4.29. The molecule has 0 atom stereocenters. The quantitative estimate of drug-likeness (QED) is 0.679. The average molecular weight is 409 g/mol. The maximum absolute atomic E-state index is 5.60. The molecule has 2 saturated heterocycles. The smallest absolute Gasteiger partial charge is 0.257 e. The monoisotopic (exact) mass is 408 g/mol. The van der Waals surface area contributed by atoms with Crippen molar-refractivity contribution in [2.75, 3.05) is 26.2 Å². The fourth-order valence-corrected chi connectivity index (χ4v) is 5.63. The molecule has 3 heterocycles. The van der Waals surface area contributed by atoms with Gasteiger partial charge in [0.1, 0.15) is 0 Å². The second-order valence-electron chi connectivity index (χ2n) is 9.67. The maximum Gasteiger partial charge on any atom is 0.257 e. The molecule has 0 unspecified atom stereocenters. The molecule has 5 nitrogen and oxygen atoms in total. The van der Waals surface area contributed by atoms with Gasteiger partial charge in [0.2, 0.25) is 0 Å². The molecule has 2 aliphatic heterocycles. The zero-order valence-electron chi connectivity index (χ0n) is 18.3. The summed E-state index contributed by atoms with van der Waals surface area (Å²) in [5.41, 5.74) is 2.40. The minimum atomic E-state index is 0.665. The van der Waals surface area contributed by atoms with Crippen LogP contribution in [0.25, 0.3) is 11.5 Å². The normalized spacial score (nSPS) is 22.7. The zero-order chi connectivity index (χ0) is 20.2. The molecule has 0 N–H and O–H groups in total. The lowest BCUT2D eigenvalue weighted by Crippen LogP contribution is -2.40. The van der Waals surface area contributed by atoms with Crippen molar-refractivity contribution < 1.29 is 4.52 Å². The fraction of sp³-hybridized carbons (Fsp3) is 0.680. The Hall–Kier alpha value is -1.72. The molecule has 1 aromatic carbocycles. The molecule has 1 saturated carbocycles. The summed E-state index contributed by atoms with van der Waals surface area (Å²) in [5.74, 6) is 2.24. The second-order valence-corrected chi connectivity index (χ2v) is 9.67. The highest BCUT2D eigenvalue weighted by Crippen LogP contribution is 2.29. The first-order valence-corrected chi connectivity index (χ1v) is 12.2. The van der Waals surface area contributed by atoms with E-state index in [0.29, 0.717) is 11.8 Å². The maximum atomic E-state index is 5.60. The van der Waals surface area contributed by atoms with Crippen LogP contribution in [0.3, 0.4) is 0 Å². The summed E-state index contributed by atoms with van der Waals surface area (Å²) in [7, 11) is 0. The molecular formula is C25H36N4O. The van der Waals surface area contributed by atoms with Crippen LogP contribution in [0.15, 0.2) is 28.8 Å². The number of rotatable bonds is 6. The molecule has 0 bridgehead atoms. The van der Waals surface area contributed by atoms with Crippen molar-refractivity contribution in [1.29, 1.82) is 0 Å². The topological polar surface area (TPSA) is 45.4 Å². The van der Waals surface area contributed by atoms with Gasteiger partial charge in [-0.1, -0.05) is 36.6 Å². The Balaban J connectivity index is 1.13. The van der Waals surface area contributed by atoms with Gasteiger partial charge in [-0.3, -0.25) is 4.90 Å². The van der Waals surface area contributed by atoms with E-state index in [1.54, 1.807) is 0 Å². The van der Waals surface area contributed by atoms with Gasteiger partial charge < -0.3 is 9.42 Å². The average Bonchev–Trinajstić information content (AvgIpc) is 3.48. The van der Waals surface area contributed by atoms with Gasteiger partial charge in [-0.2, -0.15) is 4.98 Å². The van der Waals surface area contributed by atoms with E-state index >= 15 is 0 Å². The number of benzene rings is 1. The molecule has 0 spiro atoms. The van der Waals surface area contributed by atoms with E-state index in [1.807, 2.05) is 0 Å². The number of likely N-dealkylation sites (tertiary alicyclic amines) is 2. The lowest BCUT2D eigenvalue weighted by Gasteiger charge is -2.35. The first kappa shape index (κ1) is 20.2. The van der Waals surface area contributed by atoms with Crippen LogP contribution in [0.1, 0.15) is 69.2 Å². The Morgan fingerprint density at radius 2 is 1.57 bits per heavy atom. The van der Waals surface area contributed by atoms with Crippen LogP contribution in [-0.4, -0.2) is 52.2 Å². The van der Waals surface area contributed by atoms with E-state index in [1.165, 1.54) is 89.5 Å². The first-order chi connectivity index (χ1) is 14.8. The fourth-order valence-electron chi connectivity index (χ4n) is 5.63. The van der Waals surface area contributed by atoms with Gasteiger partial charge in [0.05, 0.1) is 0 Å². The van der Waals surface area contributed by atoms with Crippen LogP contribution in [0.2, 0.25) is 0 Å². The van der Waals surface area contributed by atoms with Crippen molar-refractivity contribution in [3.8, 4) is 11.5 Å². The molecule has 1 aliphatic carbocycles. The Morgan fingerprint density at radius 3 is 2.30 bits per heavy atom. The van der Waals surface area contributed by atoms with E-state index in [4.69, 9.17) is 9.51 Å². The summed E-state index contributed by atoms with van der Waals surface area (Å²) in [6, 6.07) is 9.56. The minimum absolute atomic E-state index is 0.665. The predicted octanol–water partition coefficient (Wildman–Crippen LogP) is 4.92. The molecule has 5 heteroatoms. The van der Waals surface area contributed by atoms with Crippen LogP contribution in [-0.2, 0) is 13.0 Å². The summed E-state index contributed by atoms with van der Waals surface area (Å²) < 4.78 is 5.60. The Labute approximate surface area is 180 Å². The Morgan fingerprint density at radius 1 is 0.833 bits per heavy atom. The molecule has 5 rings (SSSR count). The molecule has 0 radical (unpaired) electrons. The number of hydrogen-bond acceptors (Lipinski definition) is 5. The predicted molar refractivity (Wildman–Crippen MR) is 119 cm³/mol. The largest absolute Gasteiger partial charge is 0.334 e. The van der Waals surface area contributed by atoms with Gasteiger partial charge in [0.15, 0.2) is 5.82 Å². The van der Waals surface area contributed by atoms with Gasteiger partial charge >= 0.3 is 0 Å². The van der Waals surface area contributed by atoms with Crippen molar-refractivity contribution in [3.63, 3.8) is 0 Å². The van der Waals surface area contributed by atoms with Gasteiger partial charge in [-0.25, -0.2) is 0 Å². The molecule has 3 fully saturated rings. The van der Waals surface area contributed by atoms with Gasteiger partial charge in [-0.05, 0) is 88.3 Å². The summed E-state index contributed by atoms with van der Waals surface area (Å²) >= 11 is 0. The summed E-state index contributed by atoms with van der Waals surface area (Å²) in [6.07, 6.45) is 13.2. The molecule has 3 aliphatic rings. The van der Waals surface area contributed by atoms with Gasteiger partial charge in [-0.15, -0.1) is 0 Å². The van der Waals surface area contributed by atoms with Gasteiger partial charge in [0, 0.05) is 24.6 Å². The van der Waals surface area contributed by atoms with E-state index < -0.39 is 0 Å². The van der Waals surface area contributed by atoms with Crippen LogP contribution < -0.4 is 0 Å². The van der Waals surface area contributed by atoms with Gasteiger partial charge in [0.25, 0.3) is 5.89 Å². The summed E-state index contributed by atoms with van der Waals surface area (Å²) in [4.78, 5) is 10.0. The van der Waals surface area contributed by atoms with Crippen LogP contribution >= 0.6 is 0 Å². The van der Waals surface area contributed by atoms with Crippen molar-refractivity contribution in [2.24, 2.45) is 5.92 Å². The third-order valence-electron chi connectivity index (χ3n) is 7.49. The van der Waals surface area contributed by atoms with Crippen LogP contribution in [0.4, 0.5) is 0 Å². The van der Waals surface area contributed by atoms with Crippen molar-refractivity contribution in [2.45, 2.75) is 76.8 Å². The first-order valence-electron chi connectivity index (χ1n) is 12.2. The highest BCUT2D eigenvalue weighted by Gasteiger charge is 2.27. The molecule has 0 amide bonds. The molecule has 30 heavy (non-hydrogen) atoms. The standard InChI is InChI=1S/C25H36N4O/c1-4-14-28(15-5-1)19-21-8-10-22(11-9-21)25-26-24(27-30-25)18-20-12-16-29(17-13-20)23-6-2-3-7-23/h8-11,20,23H,1-7,12-19H2. The lowest BCUT2D eigenvalue weighted by molar-refractivity contribution is 0.133. The third-order valence-corrected chi connectivity index (χ3v) is 7.49. The van der Waals surface area contributed by atoms with Crippen molar-refractivity contribution >= 4 is 0 Å². The molecule has 162 valence electrons. The number of aromatic nitrogens is 2. The van der Waals surface area contributed by atoms with Crippen LogP contribution in [0.5, 0.6) is 0 Å². The number of piperidine rings is 2. The second kappa shape index (κ2) is 9.61. The van der Waals surface area contributed by atoms with E-state index in [-0.39, 0.29) is 0 Å². The molecule has 1 aromatic heterocycles. The Bertz CT molecular complexity index is 782. The van der Waals surface area contributed by atoms with E-state index in [9.17, 15) is 0 Å². The third kappa shape index (κ3) is 4.94. The highest BCUT2D eigenvalue weighted by molar-refractivity contribution is 5.53. The highest BCUT2D eigenvalue weighted by atomic mass is 16.5. The number of hydrogen-bond donors (Lipinski definition) is 0. The minimum Gasteiger partial charge on any atom is -0.334 e. The Kier molecular flexibility index (Phi) is 6.47. The van der Waals surface area contributed by atoms with E-state index in [0.717, 1.165) is 30.4 Å². The zero-order valence-corrected chi connectivity index (χ0v) is 18.3.